The van der Waals surface area contributed by atoms with Crippen molar-refractivity contribution in [2.45, 2.75) is 0 Å². The Morgan fingerprint density at radius 1 is 0.358 bits per heavy atom. The number of nitrogen functional groups attached to an aromatic ring is 1. The lowest BCUT2D eigenvalue weighted by molar-refractivity contribution is 0.415. The van der Waals surface area contributed by atoms with Gasteiger partial charge in [0, 0.05) is 111 Å². The maximum Gasteiger partial charge on any atom is 0.232 e. The molecule has 0 atom stereocenters. The Morgan fingerprint density at radius 3 is 1.26 bits per heavy atom. The van der Waals surface area contributed by atoms with Crippen molar-refractivity contribution >= 4 is 157 Å². The molecule has 109 heavy (non-hydrogen) atoms. The van der Waals surface area contributed by atoms with Gasteiger partial charge in [-0.3, -0.25) is 15.0 Å². The second-order valence-electron chi connectivity index (χ2n) is 24.0. The second kappa shape index (κ2) is 33.2. The van der Waals surface area contributed by atoms with Crippen molar-refractivity contribution < 1.29 is 27.0 Å². The first-order valence-corrected chi connectivity index (χ1v) is 35.3. The van der Waals surface area contributed by atoms with Crippen LogP contribution in [0.4, 0.5) is 69.3 Å². The molecule has 6 N–H and O–H groups in total. The van der Waals surface area contributed by atoms with Gasteiger partial charge in [0.25, 0.3) is 0 Å². The van der Waals surface area contributed by atoms with E-state index in [1.807, 2.05) is 152 Å². The molecule has 17 nitrogen and oxygen atoms in total. The van der Waals surface area contributed by atoms with Crippen molar-refractivity contribution in [3.63, 3.8) is 0 Å². The van der Waals surface area contributed by atoms with Crippen LogP contribution in [0.25, 0.3) is 99.5 Å². The van der Waals surface area contributed by atoms with Crippen LogP contribution in [-0.4, -0.2) is 64.1 Å². The molecule has 536 valence electrons. The number of nitrogens with two attached hydrogens (primary N) is 1. The minimum Gasteiger partial charge on any atom is -0.497 e. The molecule has 17 aromatic rings. The summed E-state index contributed by atoms with van der Waals surface area (Å²) >= 11 is 21.6. The fourth-order valence-corrected chi connectivity index (χ4v) is 12.7. The summed E-state index contributed by atoms with van der Waals surface area (Å²) in [5.41, 5.74) is 18.5. The fourth-order valence-electron chi connectivity index (χ4n) is 11.8. The number of halogens is 8. The van der Waals surface area contributed by atoms with Crippen LogP contribution >= 0.6 is 50.7 Å². The lowest BCUT2D eigenvalue weighted by Crippen LogP contribution is -2.03. The number of hydrogen-bond donors (Lipinski definition) is 5. The molecule has 0 radical (unpaired) electrons. The van der Waals surface area contributed by atoms with Gasteiger partial charge in [-0.1, -0.05) is 124 Å². The van der Waals surface area contributed by atoms with Crippen LogP contribution in [-0.2, 0) is 0 Å². The van der Waals surface area contributed by atoms with Crippen molar-refractivity contribution in [3.8, 4) is 56.5 Å². The summed E-state index contributed by atoms with van der Waals surface area (Å²) in [7, 11) is 3.21. The van der Waals surface area contributed by atoms with E-state index in [1.165, 1.54) is 48.8 Å². The number of benzene rings is 9. The third-order valence-electron chi connectivity index (χ3n) is 17.0. The van der Waals surface area contributed by atoms with Gasteiger partial charge in [0.15, 0.2) is 5.75 Å². The molecule has 0 fully saturated rings. The Bertz CT molecular complexity index is 6240. The number of fused-ring (bicyclic) bond motifs is 5. The van der Waals surface area contributed by atoms with Crippen molar-refractivity contribution in [2.75, 3.05) is 41.2 Å². The Labute approximate surface area is 644 Å². The highest BCUT2D eigenvalue weighted by atomic mass is 79.9. The van der Waals surface area contributed by atoms with Crippen molar-refractivity contribution in [3.05, 3.63) is 317 Å². The van der Waals surface area contributed by atoms with Crippen molar-refractivity contribution in [1.29, 1.82) is 0 Å². The molecule has 25 heteroatoms. The molecular formula is C84H57BrCl3F4N15O2. The highest BCUT2D eigenvalue weighted by Gasteiger charge is 2.19. The zero-order valence-electron chi connectivity index (χ0n) is 57.4. The van der Waals surface area contributed by atoms with E-state index in [9.17, 15) is 17.6 Å². The number of para-hydroxylation sites is 4. The summed E-state index contributed by atoms with van der Waals surface area (Å²) in [5, 5.41) is 19.2. The maximum absolute atomic E-state index is 14.6. The Hall–Kier alpha value is -13.0. The van der Waals surface area contributed by atoms with Gasteiger partial charge < -0.3 is 36.5 Å². The van der Waals surface area contributed by atoms with E-state index in [0.717, 1.165) is 93.3 Å². The SMILES string of the molecule is COc1ccc2c(Nc3cc(-c4cc(Cl)ccc4F)nc4ccccc34)ccnc2c1.COc1cnccc1Nc1cc(-c2cc(Cl)ccc2F)nc2ccccc12.Fc1ccc(Br)cc1-c1cc(Nc2ccncc2)c2ccccc2n1.Nc1ncnc(Nc2cc(-c3cc(Cl)ccc3F)nc3ccccc23)n1. The maximum atomic E-state index is 14.6. The van der Waals surface area contributed by atoms with Gasteiger partial charge in [0.05, 0.1) is 99.2 Å². The molecule has 17 rings (SSSR count). The van der Waals surface area contributed by atoms with Crippen LogP contribution in [0.3, 0.4) is 0 Å². The number of anilines is 9. The molecule has 0 amide bonds. The summed E-state index contributed by atoms with van der Waals surface area (Å²) in [6, 6.07) is 69.2. The third-order valence-corrected chi connectivity index (χ3v) is 18.2. The predicted molar refractivity (Wildman–Crippen MR) is 432 cm³/mol. The van der Waals surface area contributed by atoms with Crippen LogP contribution in [0.1, 0.15) is 0 Å². The summed E-state index contributed by atoms with van der Waals surface area (Å²) in [6.45, 7) is 0. The molecule has 8 heterocycles. The quantitative estimate of drug-likeness (QED) is 0.0639. The molecule has 0 saturated heterocycles. The number of methoxy groups -OCH3 is 2. The zero-order chi connectivity index (χ0) is 75.5. The smallest absolute Gasteiger partial charge is 0.232 e. The number of nitrogens with one attached hydrogen (secondary N) is 4. The molecule has 0 bridgehead atoms. The van der Waals surface area contributed by atoms with Crippen LogP contribution in [0.2, 0.25) is 15.1 Å². The molecule has 0 aliphatic rings. The molecule has 0 aliphatic heterocycles. The van der Waals surface area contributed by atoms with Crippen LogP contribution in [0.15, 0.2) is 278 Å². The highest BCUT2D eigenvalue weighted by Crippen LogP contribution is 2.40. The van der Waals surface area contributed by atoms with E-state index in [-0.39, 0.29) is 29.3 Å². The Kier molecular flexibility index (Phi) is 22.2. The number of nitrogens with zero attached hydrogens (tertiary/aromatic N) is 10. The number of rotatable bonds is 14. The molecule has 0 spiro atoms. The van der Waals surface area contributed by atoms with Gasteiger partial charge in [-0.15, -0.1) is 0 Å². The molecule has 0 unspecified atom stereocenters. The van der Waals surface area contributed by atoms with E-state index in [0.29, 0.717) is 77.1 Å². The van der Waals surface area contributed by atoms with Gasteiger partial charge >= 0.3 is 0 Å². The largest absolute Gasteiger partial charge is 0.497 e. The topological polar surface area (TPSA) is 222 Å². The number of pyridine rings is 7. The lowest BCUT2D eigenvalue weighted by atomic mass is 10.1. The first kappa shape index (κ1) is 72.9. The summed E-state index contributed by atoms with van der Waals surface area (Å²) in [4.78, 5) is 42.9. The van der Waals surface area contributed by atoms with Gasteiger partial charge in [-0.05, 0) is 158 Å². The molecule has 0 saturated carbocycles. The zero-order valence-corrected chi connectivity index (χ0v) is 61.2. The fraction of sp³-hybridized carbons (Fsp3) is 0.0238. The number of hydrogen-bond acceptors (Lipinski definition) is 17. The monoisotopic (exact) mass is 1570 g/mol. The normalized spacial score (nSPS) is 10.9. The van der Waals surface area contributed by atoms with E-state index in [2.05, 4.69) is 87.0 Å². The van der Waals surface area contributed by atoms with Crippen molar-refractivity contribution in [2.24, 2.45) is 0 Å². The van der Waals surface area contributed by atoms with E-state index >= 15 is 0 Å². The predicted octanol–water partition coefficient (Wildman–Crippen LogP) is 23.0. The first-order valence-electron chi connectivity index (χ1n) is 33.3. The molecule has 9 aromatic carbocycles. The van der Waals surface area contributed by atoms with E-state index < -0.39 is 5.82 Å². The minimum atomic E-state index is -0.410. The van der Waals surface area contributed by atoms with Gasteiger partial charge in [0.1, 0.15) is 35.3 Å². The summed E-state index contributed by atoms with van der Waals surface area (Å²) < 4.78 is 69.0. The van der Waals surface area contributed by atoms with Crippen molar-refractivity contribution in [1.82, 2.24) is 49.8 Å². The molecular weight excluding hydrogens is 1510 g/mol. The van der Waals surface area contributed by atoms with Crippen LogP contribution in [0.5, 0.6) is 11.5 Å². The first-order chi connectivity index (χ1) is 53.1. The van der Waals surface area contributed by atoms with Crippen LogP contribution < -0.4 is 36.5 Å². The van der Waals surface area contributed by atoms with E-state index in [1.54, 1.807) is 87.7 Å². The molecule has 8 aromatic heterocycles. The number of aromatic nitrogens is 10. The van der Waals surface area contributed by atoms with Gasteiger partial charge in [-0.2, -0.15) is 4.98 Å². The summed E-state index contributed by atoms with van der Waals surface area (Å²) in [5.74, 6) is 0.259. The minimum absolute atomic E-state index is 0.0990. The van der Waals surface area contributed by atoms with Gasteiger partial charge in [-0.25, -0.2) is 47.5 Å². The highest BCUT2D eigenvalue weighted by molar-refractivity contribution is 9.10. The average molecular weight is 1570 g/mol. The Balaban J connectivity index is 0.000000122. The average Bonchev–Trinajstić information content (AvgIpc) is 0.805. The molecule has 0 aliphatic carbocycles. The third kappa shape index (κ3) is 17.1. The summed E-state index contributed by atoms with van der Waals surface area (Å²) in [6.07, 6.45) is 9.80. The lowest BCUT2D eigenvalue weighted by Gasteiger charge is -2.14. The Morgan fingerprint density at radius 2 is 0.780 bits per heavy atom. The van der Waals surface area contributed by atoms with Crippen LogP contribution in [0, 0.1) is 23.3 Å². The standard InChI is InChI=1S/C25H17ClFN3O.C21H15ClFN3O.C20H13BrFN3.C18H12ClFN6/c1-31-16-7-8-18-22(10-11-28-23(18)13-16)30-24-14-25(19-12-15(26)6-9-20(19)27)29-21-5-3-2-4-17(21)24;1-27-21-12-24-9-8-18(21)26-19-11-20(15-10-13(22)6-7-16(15)23)25-17-5-3-2-4-14(17)19;21-13-5-6-17(22)16(11-13)20-12-19(24-14-7-9-23-10-8-14)15-3-1-2-4-18(15)25-20;19-10-5-6-13(20)12(7-10)16-8-15(11-3-1-2-4-14(11)24-16)25-18-23-9-22-17(21)26-18/h2-14H,1H3,(H,28,29,30);2-12H,1H3,(H,24,25,26);1-12H,(H,23,24,25);1-9H,(H3,21,22,23,24,25,26). The van der Waals surface area contributed by atoms with Gasteiger partial charge in [0.2, 0.25) is 11.9 Å². The number of ether oxygens (including phenoxy) is 2. The second-order valence-corrected chi connectivity index (χ2v) is 26.2. The van der Waals surface area contributed by atoms with E-state index in [4.69, 9.17) is 50.0 Å².